The lowest BCUT2D eigenvalue weighted by atomic mass is 9.47. The highest BCUT2D eigenvalue weighted by Gasteiger charge is 2.61. The van der Waals surface area contributed by atoms with Crippen LogP contribution < -0.4 is 0 Å². The number of hydrogen-bond acceptors (Lipinski definition) is 4. The molecule has 0 heterocycles. The van der Waals surface area contributed by atoms with E-state index in [0.29, 0.717) is 48.6 Å². The molecule has 3 rings (SSSR count). The molecule has 0 amide bonds. The Hall–Kier alpha value is -1.19. The van der Waals surface area contributed by atoms with Crippen molar-refractivity contribution in [2.24, 2.45) is 34.5 Å². The average Bonchev–Trinajstić information content (AvgIpc) is 2.99. The van der Waals surface area contributed by atoms with Gasteiger partial charge in [-0.15, -0.1) is 0 Å². The molecule has 0 aromatic carbocycles. The maximum Gasteiger partial charge on any atom is 0.305 e. The summed E-state index contributed by atoms with van der Waals surface area (Å²) in [5.74, 6) is 1.84. The van der Waals surface area contributed by atoms with Gasteiger partial charge in [0.05, 0.1) is 7.11 Å². The normalized spacial score (nSPS) is 40.1. The standard InChI is InChI=1S/C24H38O4/c1-5-6-7-8-16-15-17-18-9-10-20(25)23(18,2)13-11-19(17)24(3,22(16)27)14-12-21(26)28-4/h16-19H,5-15H2,1-4H3/t16-,17-,18-,19-,23-,24+/m0/s1. The summed E-state index contributed by atoms with van der Waals surface area (Å²) in [6.45, 7) is 6.48. The van der Waals surface area contributed by atoms with Gasteiger partial charge in [0.15, 0.2) is 0 Å². The van der Waals surface area contributed by atoms with Crippen molar-refractivity contribution in [3.63, 3.8) is 0 Å². The molecule has 0 N–H and O–H groups in total. The molecule has 0 unspecified atom stereocenters. The van der Waals surface area contributed by atoms with Gasteiger partial charge in [-0.25, -0.2) is 0 Å². The first-order valence-corrected chi connectivity index (χ1v) is 11.4. The van der Waals surface area contributed by atoms with Crippen LogP contribution in [0.4, 0.5) is 0 Å². The number of esters is 1. The molecule has 0 bridgehead atoms. The molecule has 3 fully saturated rings. The molecular weight excluding hydrogens is 352 g/mol. The predicted molar refractivity (Wildman–Crippen MR) is 109 cm³/mol. The summed E-state index contributed by atoms with van der Waals surface area (Å²) in [6.07, 6.45) is 9.75. The Morgan fingerprint density at radius 3 is 2.57 bits per heavy atom. The van der Waals surface area contributed by atoms with E-state index in [1.165, 1.54) is 7.11 Å². The van der Waals surface area contributed by atoms with Gasteiger partial charge in [0.25, 0.3) is 0 Å². The van der Waals surface area contributed by atoms with Crippen LogP contribution >= 0.6 is 0 Å². The lowest BCUT2D eigenvalue weighted by Crippen LogP contribution is -2.55. The highest BCUT2D eigenvalue weighted by Crippen LogP contribution is 2.62. The van der Waals surface area contributed by atoms with Crippen LogP contribution in [0.15, 0.2) is 0 Å². The summed E-state index contributed by atoms with van der Waals surface area (Å²) in [7, 11) is 1.42. The molecule has 0 aliphatic heterocycles. The van der Waals surface area contributed by atoms with E-state index < -0.39 is 5.41 Å². The third-order valence-electron chi connectivity index (χ3n) is 8.69. The number of ketones is 2. The van der Waals surface area contributed by atoms with Crippen LogP contribution in [0.1, 0.15) is 91.4 Å². The molecular formula is C24H38O4. The maximum absolute atomic E-state index is 13.6. The van der Waals surface area contributed by atoms with E-state index in [4.69, 9.17) is 4.74 Å². The Kier molecular flexibility index (Phi) is 6.36. The van der Waals surface area contributed by atoms with Crippen LogP contribution in [0, 0.1) is 34.5 Å². The molecule has 6 atom stereocenters. The Balaban J connectivity index is 1.88. The van der Waals surface area contributed by atoms with Crippen molar-refractivity contribution in [2.45, 2.75) is 91.4 Å². The Morgan fingerprint density at radius 2 is 1.89 bits per heavy atom. The van der Waals surface area contributed by atoms with E-state index in [0.717, 1.165) is 51.4 Å². The molecule has 0 aromatic rings. The first kappa shape index (κ1) is 21.5. The minimum absolute atomic E-state index is 0.0912. The van der Waals surface area contributed by atoms with Crippen LogP contribution in [0.3, 0.4) is 0 Å². The van der Waals surface area contributed by atoms with Gasteiger partial charge < -0.3 is 4.74 Å². The van der Waals surface area contributed by atoms with Crippen LogP contribution in [-0.2, 0) is 19.1 Å². The average molecular weight is 391 g/mol. The minimum Gasteiger partial charge on any atom is -0.469 e. The van der Waals surface area contributed by atoms with E-state index in [1.807, 2.05) is 0 Å². The zero-order valence-corrected chi connectivity index (χ0v) is 18.2. The quantitative estimate of drug-likeness (QED) is 0.447. The molecule has 158 valence electrons. The van der Waals surface area contributed by atoms with Crippen molar-refractivity contribution in [1.82, 2.24) is 0 Å². The van der Waals surface area contributed by atoms with E-state index in [9.17, 15) is 14.4 Å². The molecule has 0 aromatic heterocycles. The first-order chi connectivity index (χ1) is 13.3. The summed E-state index contributed by atoms with van der Waals surface area (Å²) in [5.41, 5.74) is -0.639. The molecule has 3 aliphatic rings. The van der Waals surface area contributed by atoms with E-state index in [2.05, 4.69) is 20.8 Å². The van der Waals surface area contributed by atoms with E-state index in [-0.39, 0.29) is 17.3 Å². The van der Waals surface area contributed by atoms with Gasteiger partial charge in [0.1, 0.15) is 11.6 Å². The van der Waals surface area contributed by atoms with Gasteiger partial charge >= 0.3 is 5.97 Å². The van der Waals surface area contributed by atoms with Gasteiger partial charge in [0, 0.05) is 29.6 Å². The van der Waals surface area contributed by atoms with Gasteiger partial charge in [-0.2, -0.15) is 0 Å². The number of Topliss-reactive ketones (excluding diaryl/α,β-unsaturated/α-hetero) is 2. The molecule has 3 aliphatic carbocycles. The third kappa shape index (κ3) is 3.57. The fraction of sp³-hybridized carbons (Fsp3) is 0.875. The fourth-order valence-corrected chi connectivity index (χ4v) is 6.92. The summed E-state index contributed by atoms with van der Waals surface area (Å²) >= 11 is 0. The van der Waals surface area contributed by atoms with Gasteiger partial charge in [-0.3, -0.25) is 14.4 Å². The fourth-order valence-electron chi connectivity index (χ4n) is 6.92. The van der Waals surface area contributed by atoms with Crippen molar-refractivity contribution in [2.75, 3.05) is 7.11 Å². The number of hydrogen-bond donors (Lipinski definition) is 0. The summed E-state index contributed by atoms with van der Waals surface area (Å²) in [6, 6.07) is 0. The topological polar surface area (TPSA) is 60.4 Å². The number of fused-ring (bicyclic) bond motifs is 3. The van der Waals surface area contributed by atoms with Crippen molar-refractivity contribution in [3.05, 3.63) is 0 Å². The molecule has 0 spiro atoms. The van der Waals surface area contributed by atoms with Gasteiger partial charge in [-0.05, 0) is 56.3 Å². The Morgan fingerprint density at radius 1 is 1.14 bits per heavy atom. The summed E-state index contributed by atoms with van der Waals surface area (Å²) in [4.78, 5) is 38.1. The molecule has 3 saturated carbocycles. The van der Waals surface area contributed by atoms with Gasteiger partial charge in [-0.1, -0.05) is 40.0 Å². The maximum atomic E-state index is 13.6. The molecule has 0 saturated heterocycles. The second kappa shape index (κ2) is 8.28. The zero-order valence-electron chi connectivity index (χ0n) is 18.2. The second-order valence-corrected chi connectivity index (χ2v) is 10.1. The largest absolute Gasteiger partial charge is 0.469 e. The lowest BCUT2D eigenvalue weighted by Gasteiger charge is -2.56. The SMILES string of the molecule is CCCCC[C@H]1C[C@@H]2[C@H](CC[C@]3(C)C(=O)CC[C@@H]23)[C@@](C)(CCC(=O)OC)C1=O. The van der Waals surface area contributed by atoms with Crippen molar-refractivity contribution in [1.29, 1.82) is 0 Å². The highest BCUT2D eigenvalue weighted by atomic mass is 16.5. The molecule has 4 heteroatoms. The molecule has 0 radical (unpaired) electrons. The van der Waals surface area contributed by atoms with Crippen LogP contribution in [0.2, 0.25) is 0 Å². The minimum atomic E-state index is -0.457. The van der Waals surface area contributed by atoms with E-state index in [1.54, 1.807) is 0 Å². The van der Waals surface area contributed by atoms with E-state index >= 15 is 0 Å². The van der Waals surface area contributed by atoms with Crippen molar-refractivity contribution in [3.8, 4) is 0 Å². The number of carbonyl (C=O) groups excluding carboxylic acids is 3. The van der Waals surface area contributed by atoms with Crippen molar-refractivity contribution < 1.29 is 19.1 Å². The second-order valence-electron chi connectivity index (χ2n) is 10.1. The Labute approximate surface area is 170 Å². The number of methoxy groups -OCH3 is 1. The highest BCUT2D eigenvalue weighted by molar-refractivity contribution is 5.90. The van der Waals surface area contributed by atoms with Gasteiger partial charge in [0.2, 0.25) is 0 Å². The molecule has 4 nitrogen and oxygen atoms in total. The number of carbonyl (C=O) groups is 3. The zero-order chi connectivity index (χ0) is 20.5. The van der Waals surface area contributed by atoms with Crippen LogP contribution in [0.5, 0.6) is 0 Å². The third-order valence-corrected chi connectivity index (χ3v) is 8.69. The molecule has 28 heavy (non-hydrogen) atoms. The van der Waals surface area contributed by atoms with Crippen LogP contribution in [-0.4, -0.2) is 24.6 Å². The monoisotopic (exact) mass is 390 g/mol. The Bertz CT molecular complexity index is 626. The first-order valence-electron chi connectivity index (χ1n) is 11.4. The van der Waals surface area contributed by atoms with Crippen molar-refractivity contribution >= 4 is 17.5 Å². The summed E-state index contributed by atoms with van der Waals surface area (Å²) in [5, 5.41) is 0. The van der Waals surface area contributed by atoms with Crippen LogP contribution in [0.25, 0.3) is 0 Å². The predicted octanol–water partition coefficient (Wildman–Crippen LogP) is 5.13. The number of unbranched alkanes of at least 4 members (excludes halogenated alkanes) is 2. The summed E-state index contributed by atoms with van der Waals surface area (Å²) < 4.78 is 4.87. The number of rotatable bonds is 7. The smallest absolute Gasteiger partial charge is 0.305 e. The number of ether oxygens (including phenoxy) is 1. The lowest BCUT2D eigenvalue weighted by molar-refractivity contribution is -0.156.